The van der Waals surface area contributed by atoms with Gasteiger partial charge in [-0.15, -0.1) is 0 Å². The van der Waals surface area contributed by atoms with Gasteiger partial charge >= 0.3 is 16.6 Å². The molecule has 0 aliphatic carbocycles. The monoisotopic (exact) mass is 378 g/mol. The fraction of sp³-hybridized carbons (Fsp3) is 0.429. The van der Waals surface area contributed by atoms with Crippen molar-refractivity contribution in [1.82, 2.24) is 10.8 Å². The lowest BCUT2D eigenvalue weighted by Crippen LogP contribution is -2.35. The van der Waals surface area contributed by atoms with Gasteiger partial charge in [0.05, 0.1) is 6.61 Å². The Morgan fingerprint density at radius 1 is 1.16 bits per heavy atom. The Morgan fingerprint density at radius 3 is 2.28 bits per heavy atom. The number of hydrogen-bond acceptors (Lipinski definition) is 7. The molecule has 1 aromatic carbocycles. The Morgan fingerprint density at radius 2 is 1.76 bits per heavy atom. The van der Waals surface area contributed by atoms with Crippen LogP contribution in [0.1, 0.15) is 31.1 Å². The van der Waals surface area contributed by atoms with E-state index in [2.05, 4.69) is 15.0 Å². The zero-order valence-electron chi connectivity index (χ0n) is 13.9. The zero-order valence-corrected chi connectivity index (χ0v) is 14.7. The number of nitrogens with one attached hydrogen (secondary N) is 2. The van der Waals surface area contributed by atoms with Crippen molar-refractivity contribution < 1.29 is 35.7 Å². The van der Waals surface area contributed by atoms with E-state index in [0.717, 1.165) is 12.1 Å². The van der Waals surface area contributed by atoms with Crippen LogP contribution in [0, 0.1) is 0 Å². The highest BCUT2D eigenvalue weighted by Crippen LogP contribution is 2.14. The molecule has 0 atom stereocenters. The number of ether oxygens (including phenoxy) is 1. The second kappa shape index (κ2) is 8.62. The first-order valence-corrected chi connectivity index (χ1v) is 8.40. The standard InChI is InChI=1S/C14H19FN2O7S/c1-14(2,3)23-13(19)17-22-9-8-16-12(18)10-4-6-11(7-5-10)24-25(15,20)21/h4-7H,8-9H2,1-3H3,(H,16,18)(H,17,19). The molecule has 0 aromatic heterocycles. The molecular weight excluding hydrogens is 359 g/mol. The maximum atomic E-state index is 12.3. The van der Waals surface area contributed by atoms with Crippen molar-refractivity contribution in [1.29, 1.82) is 0 Å². The van der Waals surface area contributed by atoms with Crippen LogP contribution in [0.15, 0.2) is 24.3 Å². The molecule has 140 valence electrons. The Kier molecular flexibility index (Phi) is 7.12. The molecule has 2 N–H and O–H groups in total. The van der Waals surface area contributed by atoms with E-state index in [0.29, 0.717) is 0 Å². The normalized spacial score (nSPS) is 11.5. The van der Waals surface area contributed by atoms with Crippen LogP contribution in [0.2, 0.25) is 0 Å². The molecule has 25 heavy (non-hydrogen) atoms. The molecule has 0 unspecified atom stereocenters. The van der Waals surface area contributed by atoms with Crippen LogP contribution in [0.3, 0.4) is 0 Å². The lowest BCUT2D eigenvalue weighted by Gasteiger charge is -2.19. The van der Waals surface area contributed by atoms with Gasteiger partial charge in [-0.25, -0.2) is 4.79 Å². The summed E-state index contributed by atoms with van der Waals surface area (Å²) in [6.07, 6.45) is -0.753. The van der Waals surface area contributed by atoms with Gasteiger partial charge < -0.3 is 14.2 Å². The number of benzene rings is 1. The van der Waals surface area contributed by atoms with Crippen LogP contribution >= 0.6 is 0 Å². The second-order valence-electron chi connectivity index (χ2n) is 5.71. The number of hydroxylamine groups is 1. The Bertz CT molecular complexity index is 699. The number of carbonyl (C=O) groups excluding carboxylic acids is 2. The molecule has 0 heterocycles. The average Bonchev–Trinajstić information content (AvgIpc) is 2.43. The molecule has 0 saturated carbocycles. The molecular formula is C14H19FN2O7S. The first-order valence-electron chi connectivity index (χ1n) is 7.09. The van der Waals surface area contributed by atoms with Gasteiger partial charge in [0.2, 0.25) is 0 Å². The summed E-state index contributed by atoms with van der Waals surface area (Å²) in [6, 6.07) is 4.78. The van der Waals surface area contributed by atoms with Crippen molar-refractivity contribution in [3.05, 3.63) is 29.8 Å². The highest BCUT2D eigenvalue weighted by Gasteiger charge is 2.16. The number of carbonyl (C=O) groups is 2. The quantitative estimate of drug-likeness (QED) is 0.419. The van der Waals surface area contributed by atoms with Gasteiger partial charge in [0.1, 0.15) is 11.4 Å². The van der Waals surface area contributed by atoms with Crippen LogP contribution in [0.5, 0.6) is 5.75 Å². The summed E-state index contributed by atoms with van der Waals surface area (Å²) in [5.41, 5.74) is 1.60. The molecule has 0 aliphatic heterocycles. The first-order chi connectivity index (χ1) is 11.5. The van der Waals surface area contributed by atoms with Crippen LogP contribution in [-0.2, 0) is 20.1 Å². The molecule has 1 aromatic rings. The van der Waals surface area contributed by atoms with E-state index in [-0.39, 0.29) is 24.5 Å². The van der Waals surface area contributed by atoms with E-state index in [9.17, 15) is 21.9 Å². The van der Waals surface area contributed by atoms with Gasteiger partial charge in [0.15, 0.2) is 0 Å². The maximum Gasteiger partial charge on any atom is 0.488 e. The number of rotatable bonds is 7. The smallest absolute Gasteiger partial charge is 0.442 e. The van der Waals surface area contributed by atoms with Crippen LogP contribution in [0.25, 0.3) is 0 Å². The molecule has 2 amide bonds. The molecule has 0 bridgehead atoms. The summed E-state index contributed by atoms with van der Waals surface area (Å²) in [5, 5.41) is 2.50. The Hall–Kier alpha value is -2.40. The third-order valence-electron chi connectivity index (χ3n) is 2.36. The van der Waals surface area contributed by atoms with Crippen molar-refractivity contribution >= 4 is 22.5 Å². The van der Waals surface area contributed by atoms with Gasteiger partial charge in [0, 0.05) is 12.1 Å². The highest BCUT2D eigenvalue weighted by atomic mass is 32.3. The summed E-state index contributed by atoms with van der Waals surface area (Å²) < 4.78 is 41.9. The third kappa shape index (κ3) is 9.47. The first kappa shape index (κ1) is 20.6. The predicted octanol–water partition coefficient (Wildman–Crippen LogP) is 1.47. The summed E-state index contributed by atoms with van der Waals surface area (Å²) in [6.45, 7) is 5.18. The number of halogens is 1. The minimum absolute atomic E-state index is 0.00767. The van der Waals surface area contributed by atoms with Crippen LogP contribution in [0.4, 0.5) is 8.68 Å². The number of amides is 2. The summed E-state index contributed by atoms with van der Waals surface area (Å²) in [7, 11) is -5.11. The molecule has 11 heteroatoms. The fourth-order valence-corrected chi connectivity index (χ4v) is 1.84. The van der Waals surface area contributed by atoms with Crippen LogP contribution < -0.4 is 15.0 Å². The van der Waals surface area contributed by atoms with E-state index in [4.69, 9.17) is 9.57 Å². The lowest BCUT2D eigenvalue weighted by atomic mass is 10.2. The number of hydrogen-bond donors (Lipinski definition) is 2. The van der Waals surface area contributed by atoms with E-state index >= 15 is 0 Å². The van der Waals surface area contributed by atoms with Gasteiger partial charge in [-0.2, -0.15) is 13.9 Å². The maximum absolute atomic E-state index is 12.3. The Labute approximate surface area is 144 Å². The third-order valence-corrected chi connectivity index (χ3v) is 2.75. The van der Waals surface area contributed by atoms with Gasteiger partial charge in [-0.05, 0) is 45.0 Å². The minimum Gasteiger partial charge on any atom is -0.442 e. The largest absolute Gasteiger partial charge is 0.488 e. The van der Waals surface area contributed by atoms with E-state index in [1.165, 1.54) is 12.1 Å². The minimum atomic E-state index is -5.11. The van der Waals surface area contributed by atoms with Crippen molar-refractivity contribution in [2.24, 2.45) is 0 Å². The second-order valence-corrected chi connectivity index (χ2v) is 6.66. The predicted molar refractivity (Wildman–Crippen MR) is 84.8 cm³/mol. The SMILES string of the molecule is CC(C)(C)OC(=O)NOCCNC(=O)c1ccc(OS(=O)(=O)F)cc1. The van der Waals surface area contributed by atoms with E-state index in [1.54, 1.807) is 20.8 Å². The summed E-state index contributed by atoms with van der Waals surface area (Å²) in [4.78, 5) is 27.9. The summed E-state index contributed by atoms with van der Waals surface area (Å²) in [5.74, 6) is -0.737. The molecule has 9 nitrogen and oxygen atoms in total. The average molecular weight is 378 g/mol. The molecule has 1 rings (SSSR count). The highest BCUT2D eigenvalue weighted by molar-refractivity contribution is 7.81. The van der Waals surface area contributed by atoms with Crippen LogP contribution in [-0.4, -0.2) is 39.2 Å². The molecule has 0 aliphatic rings. The zero-order chi connectivity index (χ0) is 19.1. The topological polar surface area (TPSA) is 120 Å². The molecule has 0 fully saturated rings. The van der Waals surface area contributed by atoms with E-state index in [1.807, 2.05) is 0 Å². The molecule has 0 spiro atoms. The molecule has 0 saturated heterocycles. The summed E-state index contributed by atoms with van der Waals surface area (Å²) >= 11 is 0. The van der Waals surface area contributed by atoms with Crippen molar-refractivity contribution in [3.63, 3.8) is 0 Å². The lowest BCUT2D eigenvalue weighted by molar-refractivity contribution is -0.00647. The Balaban J connectivity index is 2.32. The van der Waals surface area contributed by atoms with Gasteiger partial charge in [-0.3, -0.25) is 9.63 Å². The van der Waals surface area contributed by atoms with E-state index < -0.39 is 28.1 Å². The van der Waals surface area contributed by atoms with Gasteiger partial charge in [-0.1, -0.05) is 3.89 Å². The van der Waals surface area contributed by atoms with Crippen molar-refractivity contribution in [3.8, 4) is 5.75 Å². The van der Waals surface area contributed by atoms with Gasteiger partial charge in [0.25, 0.3) is 5.91 Å². The van der Waals surface area contributed by atoms with Crippen molar-refractivity contribution in [2.75, 3.05) is 13.2 Å². The fourth-order valence-electron chi connectivity index (χ4n) is 1.50. The molecule has 0 radical (unpaired) electrons. The van der Waals surface area contributed by atoms with Crippen molar-refractivity contribution in [2.45, 2.75) is 26.4 Å².